The van der Waals surface area contributed by atoms with Crippen LogP contribution in [-0.2, 0) is 6.42 Å². The van der Waals surface area contributed by atoms with Crippen molar-refractivity contribution in [2.45, 2.75) is 27.2 Å². The minimum absolute atomic E-state index is 1.12. The molecule has 0 amide bonds. The van der Waals surface area contributed by atoms with Crippen molar-refractivity contribution < 1.29 is 0 Å². The molecule has 0 unspecified atom stereocenters. The molecule has 0 aliphatic rings. The van der Waals surface area contributed by atoms with Gasteiger partial charge < -0.3 is 0 Å². The molecule has 1 heteroatoms. The highest BCUT2D eigenvalue weighted by Crippen LogP contribution is 2.40. The van der Waals surface area contributed by atoms with Crippen molar-refractivity contribution in [1.82, 2.24) is 4.98 Å². The molecule has 0 saturated carbocycles. The van der Waals surface area contributed by atoms with Crippen LogP contribution >= 0.6 is 0 Å². The highest BCUT2D eigenvalue weighted by molar-refractivity contribution is 6.33. The number of fused-ring (bicyclic) bond motifs is 12. The van der Waals surface area contributed by atoms with Crippen LogP contribution in [0.5, 0.6) is 0 Å². The lowest BCUT2D eigenvalue weighted by Gasteiger charge is -2.13. The van der Waals surface area contributed by atoms with E-state index in [9.17, 15) is 0 Å². The lowest BCUT2D eigenvalue weighted by molar-refractivity contribution is 1.15. The predicted molar refractivity (Wildman–Crippen MR) is 359 cm³/mol. The van der Waals surface area contributed by atoms with Crippen LogP contribution in [-0.4, -0.2) is 4.98 Å². The van der Waals surface area contributed by atoms with E-state index >= 15 is 0 Å². The zero-order valence-electron chi connectivity index (χ0n) is 46.7. The monoisotopic (exact) mass is 1050 g/mol. The molecule has 0 radical (unpaired) electrons. The number of aromatic nitrogens is 1. The van der Waals surface area contributed by atoms with Crippen LogP contribution in [0.15, 0.2) is 316 Å². The number of hydrogen-bond donors (Lipinski definition) is 0. The van der Waals surface area contributed by atoms with Crippen LogP contribution in [0.3, 0.4) is 0 Å². The summed E-state index contributed by atoms with van der Waals surface area (Å²) in [4.78, 5) is 4.01. The topological polar surface area (TPSA) is 12.9 Å². The zero-order valence-corrected chi connectivity index (χ0v) is 46.7. The van der Waals surface area contributed by atoms with Gasteiger partial charge in [0.1, 0.15) is 0 Å². The van der Waals surface area contributed by atoms with Crippen molar-refractivity contribution >= 4 is 118 Å². The normalized spacial score (nSPS) is 10.9. The second-order valence-corrected chi connectivity index (χ2v) is 21.0. The van der Waals surface area contributed by atoms with Gasteiger partial charge in [-0.15, -0.1) is 0 Å². The molecule has 0 aliphatic carbocycles. The van der Waals surface area contributed by atoms with E-state index in [1.807, 2.05) is 30.6 Å². The largest absolute Gasteiger partial charge is 0.264 e. The molecule has 0 spiro atoms. The molecule has 0 saturated heterocycles. The Labute approximate surface area is 480 Å². The number of aryl methyl sites for hydroxylation is 3. The fourth-order valence-electron chi connectivity index (χ4n) is 11.6. The van der Waals surface area contributed by atoms with Crippen LogP contribution in [0.25, 0.3) is 118 Å². The van der Waals surface area contributed by atoms with Gasteiger partial charge in [0.15, 0.2) is 0 Å². The Morgan fingerprint density at radius 3 is 1.01 bits per heavy atom. The molecule has 17 rings (SSSR count). The van der Waals surface area contributed by atoms with Gasteiger partial charge in [-0.25, -0.2) is 0 Å². The molecule has 16 aromatic carbocycles. The van der Waals surface area contributed by atoms with Crippen molar-refractivity contribution in [3.05, 3.63) is 332 Å². The quantitative estimate of drug-likeness (QED) is 0.118. The molecule has 1 aromatic heterocycles. The minimum atomic E-state index is 1.12. The summed E-state index contributed by atoms with van der Waals surface area (Å²) in [5.74, 6) is 0. The molecule has 0 atom stereocenters. The van der Waals surface area contributed by atoms with Gasteiger partial charge in [-0.05, 0) is 156 Å². The highest BCUT2D eigenvalue weighted by atomic mass is 14.6. The molecule has 0 fully saturated rings. The summed E-state index contributed by atoms with van der Waals surface area (Å²) in [6, 6.07) is 107. The standard InChI is InChI=1S/C20H12.C18H12.C12H12.2C11H10.C9H7N/c1-5-13-6-2-11-17-18-12-4-8-14-7-3-10-16(20(14)18)15(9-1)19(13)17;1-2-8-14-13(7-1)15-9-3-4-11-17(15)18-12-6-5-10-16(14)18;1-2-10-7-8-11-5-3-4-6-12(11)9-10;1-9-5-4-7-10-6-2-3-8-11(9)10;1-9-6-7-10-4-2-3-5-11(10)8-9;1-2-4-9-7-10-6-5-8(9)3-1/h1-12H;1-12H;3-9H,2H2,1H3;2*2-8H,1H3;1-7H. The maximum absolute atomic E-state index is 4.01. The van der Waals surface area contributed by atoms with Crippen LogP contribution < -0.4 is 0 Å². The second kappa shape index (κ2) is 24.4. The van der Waals surface area contributed by atoms with Crippen LogP contribution in [0, 0.1) is 13.8 Å². The molecule has 82 heavy (non-hydrogen) atoms. The van der Waals surface area contributed by atoms with E-state index in [1.165, 1.54) is 135 Å². The Hall–Kier alpha value is -10.2. The summed E-state index contributed by atoms with van der Waals surface area (Å²) in [7, 11) is 0. The lowest BCUT2D eigenvalue weighted by atomic mass is 9.90. The SMILES string of the molecule is CCc1ccc2ccccc2c1.Cc1ccc2ccccc2c1.Cc1cccc2ccccc12.c1cc2cccc3c4cccc5cccc(c(c1)c23)c54.c1ccc2c(c1)c1ccccc1c1ccccc21.c1ccc2cnccc2c1. The van der Waals surface area contributed by atoms with E-state index < -0.39 is 0 Å². The van der Waals surface area contributed by atoms with Gasteiger partial charge in [0.05, 0.1) is 0 Å². The van der Waals surface area contributed by atoms with Gasteiger partial charge in [0.25, 0.3) is 0 Å². The molecule has 17 aromatic rings. The molecule has 0 bridgehead atoms. The van der Waals surface area contributed by atoms with Crippen LogP contribution in [0.1, 0.15) is 23.6 Å². The first kappa shape index (κ1) is 52.5. The molecule has 0 N–H and O–H groups in total. The first-order valence-corrected chi connectivity index (χ1v) is 28.5. The van der Waals surface area contributed by atoms with Crippen LogP contribution in [0.2, 0.25) is 0 Å². The van der Waals surface area contributed by atoms with Crippen molar-refractivity contribution in [2.75, 3.05) is 0 Å². The Balaban J connectivity index is 0.0000000996. The van der Waals surface area contributed by atoms with Gasteiger partial charge >= 0.3 is 0 Å². The van der Waals surface area contributed by atoms with Gasteiger partial charge in [0.2, 0.25) is 0 Å². The predicted octanol–water partition coefficient (Wildman–Crippen LogP) is 22.8. The van der Waals surface area contributed by atoms with E-state index in [4.69, 9.17) is 0 Å². The van der Waals surface area contributed by atoms with Gasteiger partial charge in [0, 0.05) is 12.4 Å². The average Bonchev–Trinajstić information content (AvgIpc) is 2.05. The van der Waals surface area contributed by atoms with E-state index in [0.29, 0.717) is 0 Å². The first-order chi connectivity index (χ1) is 40.5. The van der Waals surface area contributed by atoms with E-state index in [2.05, 4.69) is 311 Å². The second-order valence-electron chi connectivity index (χ2n) is 21.0. The summed E-state index contributed by atoms with van der Waals surface area (Å²) in [5.41, 5.74) is 4.08. The van der Waals surface area contributed by atoms with Gasteiger partial charge in [-0.1, -0.05) is 310 Å². The maximum atomic E-state index is 4.01. The third-order valence-corrected chi connectivity index (χ3v) is 15.7. The summed E-state index contributed by atoms with van der Waals surface area (Å²) in [6.45, 7) is 6.44. The first-order valence-electron chi connectivity index (χ1n) is 28.5. The minimum Gasteiger partial charge on any atom is -0.264 e. The number of rotatable bonds is 1. The number of nitrogens with zero attached hydrogens (tertiary/aromatic N) is 1. The van der Waals surface area contributed by atoms with Crippen molar-refractivity contribution in [1.29, 1.82) is 0 Å². The van der Waals surface area contributed by atoms with E-state index in [-0.39, 0.29) is 0 Å². The van der Waals surface area contributed by atoms with E-state index in [0.717, 1.165) is 6.42 Å². The fourth-order valence-corrected chi connectivity index (χ4v) is 11.6. The molecule has 1 heterocycles. The Kier molecular flexibility index (Phi) is 15.6. The summed E-state index contributed by atoms with van der Waals surface area (Å²) in [5, 5.41) is 29.4. The third kappa shape index (κ3) is 11.2. The Bertz CT molecular complexity index is 4550. The fraction of sp³-hybridized carbons (Fsp3) is 0.0494. The van der Waals surface area contributed by atoms with Crippen molar-refractivity contribution in [3.63, 3.8) is 0 Å². The molecule has 1 nitrogen and oxygen atoms in total. The highest BCUT2D eigenvalue weighted by Gasteiger charge is 2.12. The third-order valence-electron chi connectivity index (χ3n) is 15.7. The molecular weight excluding hydrogens is 987 g/mol. The Morgan fingerprint density at radius 1 is 0.244 bits per heavy atom. The number of hydrogen-bond acceptors (Lipinski definition) is 1. The average molecular weight is 1050 g/mol. The van der Waals surface area contributed by atoms with Gasteiger partial charge in [-0.2, -0.15) is 0 Å². The number of pyridine rings is 1. The summed E-state index contributed by atoms with van der Waals surface area (Å²) in [6.07, 6.45) is 4.79. The summed E-state index contributed by atoms with van der Waals surface area (Å²) >= 11 is 0. The molecule has 0 aliphatic heterocycles. The smallest absolute Gasteiger partial charge is 0.0346 e. The number of benzene rings is 16. The zero-order chi connectivity index (χ0) is 55.6. The van der Waals surface area contributed by atoms with E-state index in [1.54, 1.807) is 0 Å². The Morgan fingerprint density at radius 2 is 0.573 bits per heavy atom. The van der Waals surface area contributed by atoms with Gasteiger partial charge in [-0.3, -0.25) is 4.98 Å². The van der Waals surface area contributed by atoms with Crippen molar-refractivity contribution in [3.8, 4) is 0 Å². The van der Waals surface area contributed by atoms with Crippen molar-refractivity contribution in [2.24, 2.45) is 0 Å². The molecule has 392 valence electrons. The summed E-state index contributed by atoms with van der Waals surface area (Å²) < 4.78 is 0. The molecular formula is C81H63N. The maximum Gasteiger partial charge on any atom is 0.0346 e. The van der Waals surface area contributed by atoms with Crippen LogP contribution in [0.4, 0.5) is 0 Å². The lowest BCUT2D eigenvalue weighted by Crippen LogP contribution is -1.85.